The number of carbonyl (C=O) groups is 2. The molecule has 10 heteroatoms. The predicted octanol–water partition coefficient (Wildman–Crippen LogP) is 3.74. The van der Waals surface area contributed by atoms with Gasteiger partial charge in [-0.25, -0.2) is 0 Å². The van der Waals surface area contributed by atoms with E-state index in [0.29, 0.717) is 27.8 Å². The maximum absolute atomic E-state index is 13.1. The Morgan fingerprint density at radius 1 is 1.17 bits per heavy atom. The third kappa shape index (κ3) is 4.39. The number of nitrogens with zero attached hydrogens (tertiary/aromatic N) is 2. The fraction of sp³-hybridized carbons (Fsp3) is 0.100. The number of benzene rings is 2. The fourth-order valence-electron chi connectivity index (χ4n) is 2.69. The Morgan fingerprint density at radius 2 is 1.93 bits per heavy atom. The number of ether oxygens (including phenoxy) is 2. The molecular weight excluding hydrogens is 449 g/mol. The smallest absolute Gasteiger partial charge is 0.270 e. The largest absolute Gasteiger partial charge is 0.493 e. The van der Waals surface area contributed by atoms with Gasteiger partial charge in [-0.05, 0) is 54.2 Å². The zero-order valence-electron chi connectivity index (χ0n) is 15.4. The topological polar surface area (TPSA) is 91.7 Å². The quantitative estimate of drug-likeness (QED) is 0.414. The van der Waals surface area contributed by atoms with Crippen molar-refractivity contribution in [1.82, 2.24) is 5.32 Å². The highest BCUT2D eigenvalue weighted by atomic mass is 35.5. The summed E-state index contributed by atoms with van der Waals surface area (Å²) in [6, 6.07) is 11.2. The van der Waals surface area contributed by atoms with Crippen LogP contribution in [0.2, 0.25) is 10.0 Å². The molecule has 2 amide bonds. The van der Waals surface area contributed by atoms with Crippen molar-refractivity contribution in [3.05, 3.63) is 57.6 Å². The van der Waals surface area contributed by atoms with Crippen molar-refractivity contribution < 1.29 is 19.1 Å². The van der Waals surface area contributed by atoms with Gasteiger partial charge in [0.15, 0.2) is 23.2 Å². The van der Waals surface area contributed by atoms with Gasteiger partial charge in [0.25, 0.3) is 11.8 Å². The Balaban J connectivity index is 1.98. The Kier molecular flexibility index (Phi) is 6.57. The van der Waals surface area contributed by atoms with Crippen LogP contribution in [-0.4, -0.2) is 30.6 Å². The van der Waals surface area contributed by atoms with E-state index in [0.717, 1.165) is 4.90 Å². The number of nitriles is 1. The highest BCUT2D eigenvalue weighted by molar-refractivity contribution is 7.80. The lowest BCUT2D eigenvalue weighted by molar-refractivity contribution is -0.122. The van der Waals surface area contributed by atoms with Gasteiger partial charge in [0.2, 0.25) is 0 Å². The van der Waals surface area contributed by atoms with Crippen LogP contribution in [-0.2, 0) is 9.59 Å². The molecule has 3 rings (SSSR count). The molecule has 0 radical (unpaired) electrons. The van der Waals surface area contributed by atoms with Crippen molar-refractivity contribution in [3.8, 4) is 17.6 Å². The predicted molar refractivity (Wildman–Crippen MR) is 117 cm³/mol. The molecule has 1 N–H and O–H groups in total. The lowest BCUT2D eigenvalue weighted by Crippen LogP contribution is -2.54. The van der Waals surface area contributed by atoms with Crippen molar-refractivity contribution in [2.24, 2.45) is 0 Å². The first kappa shape index (κ1) is 21.6. The van der Waals surface area contributed by atoms with Gasteiger partial charge in [-0.1, -0.05) is 29.3 Å². The monoisotopic (exact) mass is 461 g/mol. The average Bonchev–Trinajstić information content (AvgIpc) is 2.72. The van der Waals surface area contributed by atoms with E-state index in [-0.39, 0.29) is 22.3 Å². The second-order valence-electron chi connectivity index (χ2n) is 5.91. The number of rotatable bonds is 5. The van der Waals surface area contributed by atoms with Crippen LogP contribution in [0, 0.1) is 11.3 Å². The molecule has 1 saturated heterocycles. The summed E-state index contributed by atoms with van der Waals surface area (Å²) >= 11 is 17.1. The molecule has 1 heterocycles. The van der Waals surface area contributed by atoms with E-state index in [1.807, 2.05) is 6.07 Å². The molecule has 0 atom stereocenters. The standard InChI is InChI=1S/C20H13Cl2N3O4S/c1-28-17-9-11(2-5-16(17)29-7-6-23)8-13-18(26)24-20(30)25(19(13)27)12-3-4-14(21)15(22)10-12/h2-5,8-10H,7H2,1H3,(H,24,26,30)/b13-8+. The minimum Gasteiger partial charge on any atom is -0.493 e. The SMILES string of the molecule is COc1cc(/C=C2\C(=O)NC(=S)N(c3ccc(Cl)c(Cl)c3)C2=O)ccc1OCC#N. The maximum atomic E-state index is 13.1. The fourth-order valence-corrected chi connectivity index (χ4v) is 3.26. The number of hydrogen-bond donors (Lipinski definition) is 1. The van der Waals surface area contributed by atoms with Crippen LogP contribution in [0.25, 0.3) is 6.08 Å². The van der Waals surface area contributed by atoms with Crippen LogP contribution in [0.15, 0.2) is 42.0 Å². The number of carbonyl (C=O) groups excluding carboxylic acids is 2. The van der Waals surface area contributed by atoms with E-state index in [2.05, 4.69) is 5.32 Å². The molecule has 0 bridgehead atoms. The second-order valence-corrected chi connectivity index (χ2v) is 7.11. The van der Waals surface area contributed by atoms with Gasteiger partial charge in [-0.2, -0.15) is 5.26 Å². The van der Waals surface area contributed by atoms with Crippen LogP contribution in [0.4, 0.5) is 5.69 Å². The summed E-state index contributed by atoms with van der Waals surface area (Å²) in [6.45, 7) is -0.145. The third-order valence-corrected chi connectivity index (χ3v) is 5.08. The number of anilines is 1. The van der Waals surface area contributed by atoms with Gasteiger partial charge >= 0.3 is 0 Å². The molecular formula is C20H13Cl2N3O4S. The highest BCUT2D eigenvalue weighted by Crippen LogP contribution is 2.31. The van der Waals surface area contributed by atoms with Gasteiger partial charge in [-0.15, -0.1) is 0 Å². The molecule has 1 aliphatic rings. The van der Waals surface area contributed by atoms with Crippen LogP contribution < -0.4 is 19.7 Å². The normalized spacial score (nSPS) is 15.1. The van der Waals surface area contributed by atoms with Crippen LogP contribution in [0.5, 0.6) is 11.5 Å². The van der Waals surface area contributed by atoms with E-state index in [4.69, 9.17) is 50.2 Å². The number of halogens is 2. The Bertz CT molecular complexity index is 1130. The Morgan fingerprint density at radius 3 is 2.60 bits per heavy atom. The van der Waals surface area contributed by atoms with E-state index in [9.17, 15) is 9.59 Å². The molecule has 1 fully saturated rings. The number of hydrogen-bond acceptors (Lipinski definition) is 6. The lowest BCUT2D eigenvalue weighted by Gasteiger charge is -2.29. The Hall–Kier alpha value is -3.12. The van der Waals surface area contributed by atoms with Crippen molar-refractivity contribution in [2.45, 2.75) is 0 Å². The summed E-state index contributed by atoms with van der Waals surface area (Å²) in [4.78, 5) is 26.6. The van der Waals surface area contributed by atoms with Gasteiger partial charge in [0, 0.05) is 0 Å². The first-order chi connectivity index (χ1) is 14.3. The minimum absolute atomic E-state index is 0.0710. The number of thiocarbonyl (C=S) groups is 1. The molecule has 152 valence electrons. The summed E-state index contributed by atoms with van der Waals surface area (Å²) in [5, 5.41) is 11.6. The molecule has 0 spiro atoms. The first-order valence-electron chi connectivity index (χ1n) is 8.40. The van der Waals surface area contributed by atoms with Crippen molar-refractivity contribution in [1.29, 1.82) is 5.26 Å². The minimum atomic E-state index is -0.634. The summed E-state index contributed by atoms with van der Waals surface area (Å²) in [7, 11) is 1.44. The van der Waals surface area contributed by atoms with Gasteiger partial charge in [-0.3, -0.25) is 19.8 Å². The molecule has 0 unspecified atom stereocenters. The van der Waals surface area contributed by atoms with E-state index in [1.54, 1.807) is 24.3 Å². The van der Waals surface area contributed by atoms with E-state index < -0.39 is 11.8 Å². The molecule has 7 nitrogen and oxygen atoms in total. The Labute approximate surface area is 187 Å². The lowest BCUT2D eigenvalue weighted by atomic mass is 10.1. The van der Waals surface area contributed by atoms with E-state index >= 15 is 0 Å². The second kappa shape index (κ2) is 9.13. The van der Waals surface area contributed by atoms with Crippen LogP contribution in [0.3, 0.4) is 0 Å². The molecule has 1 aliphatic heterocycles. The highest BCUT2D eigenvalue weighted by Gasteiger charge is 2.34. The molecule has 2 aromatic carbocycles. The van der Waals surface area contributed by atoms with Gasteiger partial charge < -0.3 is 9.47 Å². The van der Waals surface area contributed by atoms with E-state index in [1.165, 1.54) is 25.3 Å². The van der Waals surface area contributed by atoms with Gasteiger partial charge in [0.1, 0.15) is 11.6 Å². The molecule has 0 aliphatic carbocycles. The molecule has 30 heavy (non-hydrogen) atoms. The van der Waals surface area contributed by atoms with Crippen LogP contribution in [0.1, 0.15) is 5.56 Å². The van der Waals surface area contributed by atoms with Crippen molar-refractivity contribution in [2.75, 3.05) is 18.6 Å². The third-order valence-electron chi connectivity index (χ3n) is 4.05. The summed E-state index contributed by atoms with van der Waals surface area (Å²) in [5.41, 5.74) is 0.738. The molecule has 0 aromatic heterocycles. The molecule has 2 aromatic rings. The molecule has 0 saturated carbocycles. The zero-order valence-corrected chi connectivity index (χ0v) is 17.8. The van der Waals surface area contributed by atoms with Gasteiger partial charge in [0.05, 0.1) is 22.8 Å². The number of nitrogens with one attached hydrogen (secondary N) is 1. The van der Waals surface area contributed by atoms with Crippen LogP contribution >= 0.6 is 35.4 Å². The van der Waals surface area contributed by atoms with Crippen molar-refractivity contribution >= 4 is 64.1 Å². The number of methoxy groups -OCH3 is 1. The summed E-state index contributed by atoms with van der Waals surface area (Å²) in [5.74, 6) is -0.546. The number of amides is 2. The zero-order chi connectivity index (χ0) is 21.8. The summed E-state index contributed by atoms with van der Waals surface area (Å²) in [6.07, 6.45) is 1.40. The average molecular weight is 462 g/mol. The maximum Gasteiger partial charge on any atom is 0.270 e. The summed E-state index contributed by atoms with van der Waals surface area (Å²) < 4.78 is 10.5. The van der Waals surface area contributed by atoms with Crippen molar-refractivity contribution in [3.63, 3.8) is 0 Å². The first-order valence-corrected chi connectivity index (χ1v) is 9.56.